The van der Waals surface area contributed by atoms with E-state index in [1.165, 1.54) is 12.1 Å². The molecule has 1 aromatic carbocycles. The van der Waals surface area contributed by atoms with Gasteiger partial charge in [-0.2, -0.15) is 5.10 Å². The van der Waals surface area contributed by atoms with Crippen molar-refractivity contribution in [1.29, 1.82) is 0 Å². The van der Waals surface area contributed by atoms with Gasteiger partial charge in [0.2, 0.25) is 0 Å². The molecule has 2 aromatic heterocycles. The van der Waals surface area contributed by atoms with E-state index in [1.807, 2.05) is 0 Å². The predicted molar refractivity (Wildman–Crippen MR) is 82.7 cm³/mol. The summed E-state index contributed by atoms with van der Waals surface area (Å²) in [6.07, 6.45) is 0.427. The Morgan fingerprint density at radius 3 is 2.68 bits per heavy atom. The SMILES string of the molecule is O=C(O)CCC(O)=c1c(=O)cc(-c2cccc(F)c2F)n2ncnc12. The van der Waals surface area contributed by atoms with Crippen LogP contribution in [-0.2, 0) is 4.79 Å². The summed E-state index contributed by atoms with van der Waals surface area (Å²) in [6, 6.07) is 4.49. The summed E-state index contributed by atoms with van der Waals surface area (Å²) < 4.78 is 28.6. The fourth-order valence-electron chi connectivity index (χ4n) is 2.47. The first-order valence-electron chi connectivity index (χ1n) is 7.15. The fourth-order valence-corrected chi connectivity index (χ4v) is 2.47. The monoisotopic (exact) mass is 347 g/mol. The number of carboxylic acid groups (broad SMARTS) is 1. The second-order valence-electron chi connectivity index (χ2n) is 5.21. The highest BCUT2D eigenvalue weighted by atomic mass is 19.2. The van der Waals surface area contributed by atoms with Crippen molar-refractivity contribution < 1.29 is 23.8 Å². The van der Waals surface area contributed by atoms with Crippen LogP contribution in [0.3, 0.4) is 0 Å². The van der Waals surface area contributed by atoms with Gasteiger partial charge < -0.3 is 10.2 Å². The molecule has 2 N–H and O–H groups in total. The van der Waals surface area contributed by atoms with E-state index in [4.69, 9.17) is 5.11 Å². The van der Waals surface area contributed by atoms with E-state index >= 15 is 0 Å². The van der Waals surface area contributed by atoms with Gasteiger partial charge in [-0.3, -0.25) is 9.59 Å². The smallest absolute Gasteiger partial charge is 0.303 e. The minimum Gasteiger partial charge on any atom is -0.511 e. The second kappa shape index (κ2) is 6.27. The molecule has 0 spiro atoms. The van der Waals surface area contributed by atoms with Crippen molar-refractivity contribution in [2.75, 3.05) is 0 Å². The van der Waals surface area contributed by atoms with E-state index in [9.17, 15) is 23.5 Å². The quantitative estimate of drug-likeness (QED) is 0.737. The van der Waals surface area contributed by atoms with Crippen molar-refractivity contribution in [3.63, 3.8) is 0 Å². The second-order valence-corrected chi connectivity index (χ2v) is 5.21. The Balaban J connectivity index is 2.30. The Bertz CT molecular complexity index is 1090. The lowest BCUT2D eigenvalue weighted by Gasteiger charge is -2.07. The lowest BCUT2D eigenvalue weighted by Crippen LogP contribution is -2.30. The van der Waals surface area contributed by atoms with Gasteiger partial charge in [0.15, 0.2) is 22.7 Å². The molecule has 9 heteroatoms. The van der Waals surface area contributed by atoms with Crippen LogP contribution in [0.5, 0.6) is 0 Å². The Kier molecular flexibility index (Phi) is 4.14. The summed E-state index contributed by atoms with van der Waals surface area (Å²) in [5.74, 6) is -3.84. The third-order valence-corrected chi connectivity index (χ3v) is 3.61. The molecule has 0 unspecified atom stereocenters. The van der Waals surface area contributed by atoms with E-state index in [2.05, 4.69) is 10.1 Å². The number of pyridine rings is 1. The number of rotatable bonds is 4. The van der Waals surface area contributed by atoms with Gasteiger partial charge >= 0.3 is 5.97 Å². The minimum absolute atomic E-state index is 0.0377. The van der Waals surface area contributed by atoms with Crippen molar-refractivity contribution in [2.24, 2.45) is 0 Å². The zero-order chi connectivity index (χ0) is 18.1. The molecule has 0 fully saturated rings. The van der Waals surface area contributed by atoms with Crippen molar-refractivity contribution in [3.8, 4) is 11.3 Å². The normalized spacial score (nSPS) is 12.4. The number of halogens is 2. The lowest BCUT2D eigenvalue weighted by atomic mass is 10.1. The summed E-state index contributed by atoms with van der Waals surface area (Å²) in [4.78, 5) is 26.9. The predicted octanol–water partition coefficient (Wildman–Crippen LogP) is 1.28. The van der Waals surface area contributed by atoms with Crippen LogP contribution in [0.1, 0.15) is 12.8 Å². The highest BCUT2D eigenvalue weighted by molar-refractivity contribution is 5.69. The summed E-state index contributed by atoms with van der Waals surface area (Å²) in [5.41, 5.74) is -1.01. The number of nitrogens with zero attached hydrogens (tertiary/aromatic N) is 3. The number of aliphatic hydroxyl groups is 1. The molecule has 0 aliphatic rings. The van der Waals surface area contributed by atoms with Gasteiger partial charge in [0.05, 0.1) is 12.1 Å². The molecule has 3 rings (SSSR count). The fraction of sp³-hybridized carbons (Fsp3) is 0.125. The van der Waals surface area contributed by atoms with E-state index in [0.717, 1.165) is 23.0 Å². The molecule has 0 saturated carbocycles. The molecule has 0 atom stereocenters. The first-order valence-corrected chi connectivity index (χ1v) is 7.15. The maximum Gasteiger partial charge on any atom is 0.303 e. The first kappa shape index (κ1) is 16.5. The van der Waals surface area contributed by atoms with Crippen LogP contribution < -0.4 is 10.6 Å². The highest BCUT2D eigenvalue weighted by Gasteiger charge is 2.17. The van der Waals surface area contributed by atoms with Crippen LogP contribution in [0.15, 0.2) is 35.4 Å². The molecule has 0 radical (unpaired) electrons. The van der Waals surface area contributed by atoms with Crippen LogP contribution in [0.4, 0.5) is 8.78 Å². The average Bonchev–Trinajstić information content (AvgIpc) is 3.04. The summed E-state index contributed by atoms with van der Waals surface area (Å²) in [5, 5.41) is 22.4. The molecule has 3 aromatic rings. The molecule has 7 nitrogen and oxygen atoms in total. The number of hydrogen-bond acceptors (Lipinski definition) is 5. The molecule has 0 aliphatic heterocycles. The topological polar surface area (TPSA) is 105 Å². The van der Waals surface area contributed by atoms with E-state index < -0.39 is 28.8 Å². The summed E-state index contributed by atoms with van der Waals surface area (Å²) in [7, 11) is 0. The van der Waals surface area contributed by atoms with Crippen molar-refractivity contribution in [2.45, 2.75) is 12.8 Å². The van der Waals surface area contributed by atoms with Gasteiger partial charge in [-0.25, -0.2) is 18.3 Å². The molecule has 128 valence electrons. The number of aromatic nitrogens is 3. The minimum atomic E-state index is -1.15. The molecule has 0 amide bonds. The maximum atomic E-state index is 14.1. The third kappa shape index (κ3) is 2.91. The largest absolute Gasteiger partial charge is 0.511 e. The lowest BCUT2D eigenvalue weighted by molar-refractivity contribution is -0.136. The number of aliphatic hydroxyl groups excluding tert-OH is 1. The van der Waals surface area contributed by atoms with Crippen LogP contribution in [0, 0.1) is 11.6 Å². The standard InChI is InChI=1S/C16H11F2N3O4/c17-9-3-1-2-8(15(9)18)10-6-12(23)14(11(22)4-5-13(24)25)16-19-7-20-21(10)16/h1-3,6-7,22H,4-5H2,(H,24,25). The van der Waals surface area contributed by atoms with E-state index in [-0.39, 0.29) is 35.0 Å². The summed E-state index contributed by atoms with van der Waals surface area (Å²) in [6.45, 7) is 0. The zero-order valence-corrected chi connectivity index (χ0v) is 12.6. The molecule has 0 aliphatic carbocycles. The van der Waals surface area contributed by atoms with Gasteiger partial charge in [-0.05, 0) is 12.1 Å². The Morgan fingerprint density at radius 2 is 1.96 bits per heavy atom. The molecule has 0 saturated heterocycles. The molecular weight excluding hydrogens is 336 g/mol. The van der Waals surface area contributed by atoms with Gasteiger partial charge in [0.1, 0.15) is 17.3 Å². The third-order valence-electron chi connectivity index (χ3n) is 3.61. The molecule has 0 bridgehead atoms. The van der Waals surface area contributed by atoms with Crippen LogP contribution in [-0.4, -0.2) is 30.8 Å². The Labute approximate surface area is 138 Å². The zero-order valence-electron chi connectivity index (χ0n) is 12.6. The number of carboxylic acids is 1. The van der Waals surface area contributed by atoms with Gasteiger partial charge in [-0.1, -0.05) is 6.07 Å². The number of benzene rings is 1. The van der Waals surface area contributed by atoms with E-state index in [0.29, 0.717) is 0 Å². The van der Waals surface area contributed by atoms with Crippen LogP contribution >= 0.6 is 0 Å². The van der Waals surface area contributed by atoms with Crippen molar-refractivity contribution in [3.05, 3.63) is 57.7 Å². The number of aliphatic carboxylic acids is 1. The average molecular weight is 347 g/mol. The number of hydrogen-bond donors (Lipinski definition) is 2. The Hall–Kier alpha value is -3.36. The van der Waals surface area contributed by atoms with Crippen LogP contribution in [0.2, 0.25) is 0 Å². The van der Waals surface area contributed by atoms with Gasteiger partial charge in [-0.15, -0.1) is 0 Å². The maximum absolute atomic E-state index is 14.1. The summed E-state index contributed by atoms with van der Waals surface area (Å²) >= 11 is 0. The van der Waals surface area contributed by atoms with E-state index in [1.54, 1.807) is 0 Å². The molecule has 25 heavy (non-hydrogen) atoms. The van der Waals surface area contributed by atoms with Gasteiger partial charge in [0, 0.05) is 18.1 Å². The molecule has 2 heterocycles. The Morgan fingerprint density at radius 1 is 1.20 bits per heavy atom. The number of carbonyl (C=O) groups is 1. The van der Waals surface area contributed by atoms with Crippen LogP contribution in [0.25, 0.3) is 22.7 Å². The molecular formula is C16H11F2N3O4. The van der Waals surface area contributed by atoms with Gasteiger partial charge in [0.25, 0.3) is 0 Å². The van der Waals surface area contributed by atoms with Crippen molar-refractivity contribution >= 4 is 17.4 Å². The number of fused-ring (bicyclic) bond motifs is 1. The van der Waals surface area contributed by atoms with Crippen molar-refractivity contribution in [1.82, 2.24) is 14.6 Å². The highest BCUT2D eigenvalue weighted by Crippen LogP contribution is 2.23. The first-order chi connectivity index (χ1) is 11.9.